The Morgan fingerprint density at radius 1 is 0.926 bits per heavy atom. The predicted octanol–water partition coefficient (Wildman–Crippen LogP) is 5.98. The van der Waals surface area contributed by atoms with Crippen LogP contribution in [0.1, 0.15) is 79.2 Å². The summed E-state index contributed by atoms with van der Waals surface area (Å²) >= 11 is -2.51. The predicted molar refractivity (Wildman–Crippen MR) is 118 cm³/mol. The van der Waals surface area contributed by atoms with Gasteiger partial charge in [-0.3, -0.25) is 0 Å². The summed E-state index contributed by atoms with van der Waals surface area (Å²) in [6.07, 6.45) is 9.78. The molecule has 0 amide bonds. The van der Waals surface area contributed by atoms with Crippen molar-refractivity contribution in [2.75, 3.05) is 0 Å². The SMILES string of the molecule is CCC[CH2][Sn]([CH2]CCC)([CH2]CCC)[c]1cccc(-c2nncn2C(C)C)n1. The first-order chi connectivity index (χ1) is 13.1. The average molecular weight is 477 g/mol. The molecule has 0 unspecified atom stereocenters. The van der Waals surface area contributed by atoms with Crippen molar-refractivity contribution >= 4 is 22.1 Å². The molecule has 2 rings (SSSR count). The van der Waals surface area contributed by atoms with Crippen molar-refractivity contribution in [1.82, 2.24) is 19.7 Å². The maximum atomic E-state index is 5.26. The Morgan fingerprint density at radius 2 is 1.52 bits per heavy atom. The van der Waals surface area contributed by atoms with Gasteiger partial charge in [-0.15, -0.1) is 0 Å². The van der Waals surface area contributed by atoms with E-state index < -0.39 is 18.4 Å². The maximum absolute atomic E-state index is 5.26. The minimum absolute atomic E-state index is 0.342. The Hall–Kier alpha value is -0.911. The van der Waals surface area contributed by atoms with Crippen LogP contribution in [0.15, 0.2) is 24.5 Å². The van der Waals surface area contributed by atoms with E-state index >= 15 is 0 Å². The summed E-state index contributed by atoms with van der Waals surface area (Å²) in [4.78, 5) is 5.26. The van der Waals surface area contributed by atoms with Crippen LogP contribution in [-0.2, 0) is 0 Å². The van der Waals surface area contributed by atoms with E-state index in [9.17, 15) is 0 Å². The summed E-state index contributed by atoms with van der Waals surface area (Å²) in [5, 5.41) is 8.54. The Kier molecular flexibility index (Phi) is 9.26. The van der Waals surface area contributed by atoms with E-state index in [0.29, 0.717) is 6.04 Å². The van der Waals surface area contributed by atoms with Crippen LogP contribution in [-0.4, -0.2) is 38.1 Å². The van der Waals surface area contributed by atoms with Gasteiger partial charge in [0.2, 0.25) is 0 Å². The van der Waals surface area contributed by atoms with E-state index in [1.165, 1.54) is 55.5 Å². The zero-order chi connectivity index (χ0) is 19.7. The van der Waals surface area contributed by atoms with E-state index in [2.05, 4.69) is 67.6 Å². The van der Waals surface area contributed by atoms with Crippen LogP contribution in [0, 0.1) is 0 Å². The van der Waals surface area contributed by atoms with Gasteiger partial charge in [-0.05, 0) is 0 Å². The van der Waals surface area contributed by atoms with E-state index in [4.69, 9.17) is 4.98 Å². The molecule has 0 aromatic carbocycles. The molecular weight excluding hydrogens is 439 g/mol. The number of aromatic nitrogens is 4. The molecule has 150 valence electrons. The van der Waals surface area contributed by atoms with Crippen molar-refractivity contribution in [1.29, 1.82) is 0 Å². The molecule has 2 aromatic rings. The molecule has 0 spiro atoms. The summed E-state index contributed by atoms with van der Waals surface area (Å²) in [7, 11) is 0. The third-order valence-electron chi connectivity index (χ3n) is 5.68. The molecule has 0 aliphatic heterocycles. The van der Waals surface area contributed by atoms with Crippen molar-refractivity contribution in [2.45, 2.75) is 92.5 Å². The quantitative estimate of drug-likeness (QED) is 0.354. The van der Waals surface area contributed by atoms with Crippen molar-refractivity contribution in [3.05, 3.63) is 24.5 Å². The number of hydrogen-bond acceptors (Lipinski definition) is 3. The fourth-order valence-electron chi connectivity index (χ4n) is 3.96. The molecular formula is C22H38N4Sn. The van der Waals surface area contributed by atoms with Crippen LogP contribution in [0.25, 0.3) is 11.5 Å². The second kappa shape index (κ2) is 11.2. The molecule has 0 saturated carbocycles. The summed E-state index contributed by atoms with van der Waals surface area (Å²) in [5.41, 5.74) is 1.00. The molecule has 2 heterocycles. The van der Waals surface area contributed by atoms with Gasteiger partial charge in [-0.1, -0.05) is 0 Å². The van der Waals surface area contributed by atoms with Crippen LogP contribution in [0.5, 0.6) is 0 Å². The van der Waals surface area contributed by atoms with Crippen molar-refractivity contribution in [3.63, 3.8) is 0 Å². The van der Waals surface area contributed by atoms with Gasteiger partial charge in [0.1, 0.15) is 0 Å². The third kappa shape index (κ3) is 5.78. The standard InChI is InChI=1S/C10H11N4.3C4H9.Sn/c1-8(2)14-7-12-13-10(14)9-5-3-4-6-11-9;3*1-3-4-2;/h3-5,7-8H,1-2H3;3*1,3-4H2,2H3;. The molecule has 0 radical (unpaired) electrons. The van der Waals surface area contributed by atoms with Crippen LogP contribution in [0.2, 0.25) is 13.3 Å². The minimum atomic E-state index is -2.51. The fraction of sp³-hybridized carbons (Fsp3) is 0.682. The fourth-order valence-corrected chi connectivity index (χ4v) is 19.4. The summed E-state index contributed by atoms with van der Waals surface area (Å²) in [5.74, 6) is 0.911. The number of rotatable bonds is 12. The molecule has 0 aliphatic carbocycles. The molecule has 0 bridgehead atoms. The molecule has 0 aliphatic rings. The zero-order valence-corrected chi connectivity index (χ0v) is 20.9. The number of nitrogens with zero attached hydrogens (tertiary/aromatic N) is 4. The Bertz CT molecular complexity index is 659. The van der Waals surface area contributed by atoms with E-state index in [1.807, 2.05) is 6.33 Å². The Labute approximate surface area is 170 Å². The molecule has 0 N–H and O–H groups in total. The van der Waals surface area contributed by atoms with Gasteiger partial charge in [0, 0.05) is 0 Å². The van der Waals surface area contributed by atoms with Crippen molar-refractivity contribution in [3.8, 4) is 11.5 Å². The van der Waals surface area contributed by atoms with Crippen LogP contribution in [0.4, 0.5) is 0 Å². The van der Waals surface area contributed by atoms with Gasteiger partial charge in [0.05, 0.1) is 0 Å². The molecule has 0 atom stereocenters. The summed E-state index contributed by atoms with van der Waals surface area (Å²) in [6.45, 7) is 11.3. The molecule has 0 saturated heterocycles. The second-order valence-electron chi connectivity index (χ2n) is 8.15. The normalized spacial score (nSPS) is 12.1. The molecule has 2 aromatic heterocycles. The van der Waals surface area contributed by atoms with Gasteiger partial charge >= 0.3 is 170 Å². The molecule has 27 heavy (non-hydrogen) atoms. The van der Waals surface area contributed by atoms with Gasteiger partial charge < -0.3 is 0 Å². The molecule has 4 nitrogen and oxygen atoms in total. The van der Waals surface area contributed by atoms with Crippen LogP contribution >= 0.6 is 0 Å². The molecule has 5 heteroatoms. The first-order valence-electron chi connectivity index (χ1n) is 10.9. The Balaban J connectivity index is 2.46. The van der Waals surface area contributed by atoms with E-state index in [-0.39, 0.29) is 0 Å². The first-order valence-corrected chi connectivity index (χ1v) is 18.4. The summed E-state index contributed by atoms with van der Waals surface area (Å²) in [6, 6.07) is 7.01. The van der Waals surface area contributed by atoms with Gasteiger partial charge in [0.15, 0.2) is 0 Å². The number of unbranched alkanes of at least 4 members (excludes halogenated alkanes) is 3. The van der Waals surface area contributed by atoms with Gasteiger partial charge in [-0.2, -0.15) is 0 Å². The van der Waals surface area contributed by atoms with E-state index in [0.717, 1.165) is 11.5 Å². The van der Waals surface area contributed by atoms with Crippen molar-refractivity contribution < 1.29 is 0 Å². The van der Waals surface area contributed by atoms with Crippen LogP contribution in [0.3, 0.4) is 0 Å². The van der Waals surface area contributed by atoms with Gasteiger partial charge in [0.25, 0.3) is 0 Å². The van der Waals surface area contributed by atoms with E-state index in [1.54, 1.807) is 0 Å². The molecule has 0 fully saturated rings. The Morgan fingerprint density at radius 3 is 2.04 bits per heavy atom. The zero-order valence-electron chi connectivity index (χ0n) is 18.0. The van der Waals surface area contributed by atoms with Crippen LogP contribution < -0.4 is 3.71 Å². The second-order valence-corrected chi connectivity index (χ2v) is 21.2. The summed E-state index contributed by atoms with van der Waals surface area (Å²) < 4.78 is 7.93. The first kappa shape index (κ1) is 22.4. The number of pyridine rings is 1. The van der Waals surface area contributed by atoms with Gasteiger partial charge in [-0.25, -0.2) is 0 Å². The van der Waals surface area contributed by atoms with Crippen molar-refractivity contribution in [2.24, 2.45) is 0 Å². The average Bonchev–Trinajstić information content (AvgIpc) is 3.18. The monoisotopic (exact) mass is 478 g/mol. The number of hydrogen-bond donors (Lipinski definition) is 0. The topological polar surface area (TPSA) is 43.6 Å². The third-order valence-corrected chi connectivity index (χ3v) is 20.8.